The molecule has 0 bridgehead atoms. The molecule has 0 unspecified atom stereocenters. The summed E-state index contributed by atoms with van der Waals surface area (Å²) in [6, 6.07) is 9.28. The molecule has 4 rings (SSSR count). The first-order valence-corrected chi connectivity index (χ1v) is 11.9. The number of amides is 2. The van der Waals surface area contributed by atoms with Crippen molar-refractivity contribution in [1.29, 1.82) is 0 Å². The third kappa shape index (κ3) is 5.43. The molecular weight excluding hydrogens is 418 g/mol. The summed E-state index contributed by atoms with van der Waals surface area (Å²) in [5, 5.41) is 0. The van der Waals surface area contributed by atoms with E-state index in [0.717, 1.165) is 62.4 Å². The van der Waals surface area contributed by atoms with Crippen LogP contribution in [0.3, 0.4) is 0 Å². The van der Waals surface area contributed by atoms with Crippen LogP contribution in [-0.4, -0.2) is 70.5 Å². The summed E-state index contributed by atoms with van der Waals surface area (Å²) in [7, 11) is 1.67. The van der Waals surface area contributed by atoms with Crippen LogP contribution < -0.4 is 4.90 Å². The van der Waals surface area contributed by atoms with Crippen molar-refractivity contribution in [2.45, 2.75) is 57.7 Å². The summed E-state index contributed by atoms with van der Waals surface area (Å²) in [6.45, 7) is 4.68. The molecule has 0 saturated carbocycles. The van der Waals surface area contributed by atoms with Gasteiger partial charge in [-0.25, -0.2) is 14.8 Å². The number of rotatable bonds is 6. The second kappa shape index (κ2) is 10.6. The van der Waals surface area contributed by atoms with Crippen LogP contribution in [0.4, 0.5) is 10.7 Å². The molecule has 3 heterocycles. The van der Waals surface area contributed by atoms with Crippen LogP contribution in [-0.2, 0) is 22.6 Å². The van der Waals surface area contributed by atoms with Gasteiger partial charge in [0.25, 0.3) is 0 Å². The molecule has 1 aromatic carbocycles. The number of likely N-dealkylation sites (tertiary alicyclic amines) is 1. The third-order valence-electron chi connectivity index (χ3n) is 6.69. The SMILES string of the molecule is CCc1cnc(N2CCC(N3CCC[C@H](N(C)C(=O)OCc4ccccc4)C3=O)CC2)nc1. The average molecular weight is 452 g/mol. The van der Waals surface area contributed by atoms with Crippen molar-refractivity contribution in [3.63, 3.8) is 0 Å². The van der Waals surface area contributed by atoms with E-state index in [2.05, 4.69) is 21.8 Å². The molecule has 8 nitrogen and oxygen atoms in total. The van der Waals surface area contributed by atoms with E-state index in [-0.39, 0.29) is 18.6 Å². The van der Waals surface area contributed by atoms with Gasteiger partial charge in [-0.2, -0.15) is 0 Å². The number of hydrogen-bond donors (Lipinski definition) is 0. The Balaban J connectivity index is 1.31. The molecule has 2 aromatic rings. The highest BCUT2D eigenvalue weighted by Gasteiger charge is 2.38. The first-order chi connectivity index (χ1) is 16.1. The lowest BCUT2D eigenvalue weighted by Crippen LogP contribution is -2.57. The topological polar surface area (TPSA) is 78.9 Å². The van der Waals surface area contributed by atoms with Gasteiger partial charge in [0.2, 0.25) is 11.9 Å². The molecule has 0 radical (unpaired) electrons. The van der Waals surface area contributed by atoms with Gasteiger partial charge in [-0.05, 0) is 43.2 Å². The summed E-state index contributed by atoms with van der Waals surface area (Å²) >= 11 is 0. The van der Waals surface area contributed by atoms with Crippen molar-refractivity contribution in [3.05, 3.63) is 53.9 Å². The lowest BCUT2D eigenvalue weighted by Gasteiger charge is -2.43. The molecule has 2 amide bonds. The summed E-state index contributed by atoms with van der Waals surface area (Å²) in [4.78, 5) is 40.5. The van der Waals surface area contributed by atoms with Gasteiger partial charge in [0, 0.05) is 45.1 Å². The van der Waals surface area contributed by atoms with Gasteiger partial charge in [-0.3, -0.25) is 9.69 Å². The van der Waals surface area contributed by atoms with Crippen molar-refractivity contribution < 1.29 is 14.3 Å². The lowest BCUT2D eigenvalue weighted by atomic mass is 9.97. The van der Waals surface area contributed by atoms with Crippen LogP contribution in [0.5, 0.6) is 0 Å². The number of ether oxygens (including phenoxy) is 1. The van der Waals surface area contributed by atoms with Crippen molar-refractivity contribution in [1.82, 2.24) is 19.8 Å². The number of aromatic nitrogens is 2. The van der Waals surface area contributed by atoms with Crippen LogP contribution >= 0.6 is 0 Å². The zero-order valence-corrected chi connectivity index (χ0v) is 19.5. The van der Waals surface area contributed by atoms with E-state index in [9.17, 15) is 9.59 Å². The molecule has 2 aliphatic rings. The number of nitrogens with zero attached hydrogens (tertiary/aromatic N) is 5. The maximum Gasteiger partial charge on any atom is 0.410 e. The number of piperidine rings is 2. The first kappa shape index (κ1) is 23.0. The smallest absolute Gasteiger partial charge is 0.410 e. The molecule has 33 heavy (non-hydrogen) atoms. The Morgan fingerprint density at radius 2 is 1.76 bits per heavy atom. The van der Waals surface area contributed by atoms with Gasteiger partial charge >= 0.3 is 6.09 Å². The van der Waals surface area contributed by atoms with Crippen molar-refractivity contribution in [3.8, 4) is 0 Å². The first-order valence-electron chi connectivity index (χ1n) is 11.9. The van der Waals surface area contributed by atoms with E-state index in [0.29, 0.717) is 6.42 Å². The Bertz CT molecular complexity index is 929. The van der Waals surface area contributed by atoms with Crippen LogP contribution in [0.25, 0.3) is 0 Å². The van der Waals surface area contributed by atoms with Crippen molar-refractivity contribution in [2.24, 2.45) is 0 Å². The predicted molar refractivity (Wildman–Crippen MR) is 126 cm³/mol. The second-order valence-corrected chi connectivity index (χ2v) is 8.80. The molecule has 1 atom stereocenters. The van der Waals surface area contributed by atoms with Gasteiger partial charge in [0.1, 0.15) is 12.6 Å². The maximum atomic E-state index is 13.3. The van der Waals surface area contributed by atoms with E-state index in [1.165, 1.54) is 4.90 Å². The number of carbonyl (C=O) groups is 2. The molecule has 176 valence electrons. The van der Waals surface area contributed by atoms with E-state index >= 15 is 0 Å². The number of anilines is 1. The zero-order chi connectivity index (χ0) is 23.2. The molecule has 0 aliphatic carbocycles. The van der Waals surface area contributed by atoms with Crippen LogP contribution in [0.1, 0.15) is 43.7 Å². The minimum Gasteiger partial charge on any atom is -0.445 e. The van der Waals surface area contributed by atoms with Crippen LogP contribution in [0, 0.1) is 0 Å². The van der Waals surface area contributed by atoms with Gasteiger partial charge < -0.3 is 14.5 Å². The molecule has 0 spiro atoms. The van der Waals surface area contributed by atoms with Crippen molar-refractivity contribution >= 4 is 17.9 Å². The standard InChI is InChI=1S/C25H33N5O3/c1-3-19-16-26-24(27-17-19)29-14-11-21(12-15-29)30-13-7-10-22(23(30)31)28(2)25(32)33-18-20-8-5-4-6-9-20/h4-6,8-9,16-17,21-22H,3,7,10-15,18H2,1-2H3/t22-/m0/s1. The highest BCUT2D eigenvalue weighted by Crippen LogP contribution is 2.25. The summed E-state index contributed by atoms with van der Waals surface area (Å²) in [6.07, 6.45) is 7.55. The molecular formula is C25H33N5O3. The van der Waals surface area contributed by atoms with E-state index in [1.807, 2.05) is 47.6 Å². The fourth-order valence-electron chi connectivity index (χ4n) is 4.62. The number of aryl methyl sites for hydroxylation is 1. The zero-order valence-electron chi connectivity index (χ0n) is 19.5. The second-order valence-electron chi connectivity index (χ2n) is 8.80. The summed E-state index contributed by atoms with van der Waals surface area (Å²) < 4.78 is 5.45. The number of hydrogen-bond acceptors (Lipinski definition) is 6. The number of carbonyl (C=O) groups excluding carboxylic acids is 2. The van der Waals surface area contributed by atoms with Crippen LogP contribution in [0.2, 0.25) is 0 Å². The fourth-order valence-corrected chi connectivity index (χ4v) is 4.62. The van der Waals surface area contributed by atoms with Gasteiger partial charge in [0.05, 0.1) is 0 Å². The monoisotopic (exact) mass is 451 g/mol. The maximum absolute atomic E-state index is 13.3. The highest BCUT2D eigenvalue weighted by atomic mass is 16.6. The largest absolute Gasteiger partial charge is 0.445 e. The third-order valence-corrected chi connectivity index (χ3v) is 6.69. The Labute approximate surface area is 195 Å². The average Bonchev–Trinajstić information content (AvgIpc) is 2.88. The molecule has 1 aromatic heterocycles. The molecule has 2 saturated heterocycles. The molecule has 2 fully saturated rings. The van der Waals surface area contributed by atoms with E-state index in [1.54, 1.807) is 7.05 Å². The number of benzene rings is 1. The van der Waals surface area contributed by atoms with Gasteiger partial charge in [0.15, 0.2) is 0 Å². The number of likely N-dealkylation sites (N-methyl/N-ethyl adjacent to an activating group) is 1. The van der Waals surface area contributed by atoms with Crippen molar-refractivity contribution in [2.75, 3.05) is 31.6 Å². The Morgan fingerprint density at radius 1 is 1.06 bits per heavy atom. The van der Waals surface area contributed by atoms with Gasteiger partial charge in [-0.15, -0.1) is 0 Å². The normalized spacial score (nSPS) is 19.5. The van der Waals surface area contributed by atoms with E-state index in [4.69, 9.17) is 4.74 Å². The van der Waals surface area contributed by atoms with Crippen LogP contribution in [0.15, 0.2) is 42.7 Å². The minimum atomic E-state index is -0.468. The quantitative estimate of drug-likeness (QED) is 0.671. The highest BCUT2D eigenvalue weighted by molar-refractivity contribution is 5.86. The summed E-state index contributed by atoms with van der Waals surface area (Å²) in [5.41, 5.74) is 2.06. The fraction of sp³-hybridized carbons (Fsp3) is 0.520. The predicted octanol–water partition coefficient (Wildman–Crippen LogP) is 3.27. The Morgan fingerprint density at radius 3 is 2.42 bits per heavy atom. The minimum absolute atomic E-state index is 0.0300. The summed E-state index contributed by atoms with van der Waals surface area (Å²) in [5.74, 6) is 0.789. The van der Waals surface area contributed by atoms with Gasteiger partial charge in [-0.1, -0.05) is 37.3 Å². The lowest BCUT2D eigenvalue weighted by molar-refractivity contribution is -0.142. The molecule has 0 N–H and O–H groups in total. The molecule has 8 heteroatoms. The van der Waals surface area contributed by atoms with E-state index < -0.39 is 12.1 Å². The Kier molecular flexibility index (Phi) is 7.42. The Hall–Kier alpha value is -3.16. The molecule has 2 aliphatic heterocycles.